The molecule has 0 aliphatic carbocycles. The van der Waals surface area contributed by atoms with Crippen LogP contribution in [0.4, 0.5) is 0 Å². The van der Waals surface area contributed by atoms with Crippen LogP contribution in [0.15, 0.2) is 33.7 Å². The summed E-state index contributed by atoms with van der Waals surface area (Å²) in [5, 5.41) is 4.40. The van der Waals surface area contributed by atoms with Gasteiger partial charge in [-0.15, -0.1) is 0 Å². The number of aryl methyl sites for hydroxylation is 2. The van der Waals surface area contributed by atoms with Crippen LogP contribution >= 0.6 is 27.3 Å². The van der Waals surface area contributed by atoms with Crippen molar-refractivity contribution < 1.29 is 4.79 Å². The lowest BCUT2D eigenvalue weighted by molar-refractivity contribution is 0.0986. The van der Waals surface area contributed by atoms with Crippen LogP contribution in [-0.2, 0) is 6.54 Å². The number of fused-ring (bicyclic) bond motifs is 1. The zero-order chi connectivity index (χ0) is 17.4. The molecule has 0 N–H and O–H groups in total. The number of rotatable bonds is 3. The van der Waals surface area contributed by atoms with Crippen molar-refractivity contribution in [2.45, 2.75) is 40.3 Å². The maximum atomic E-state index is 12.7. The lowest BCUT2D eigenvalue weighted by Crippen LogP contribution is -2.18. The summed E-state index contributed by atoms with van der Waals surface area (Å²) in [6.45, 7) is 8.72. The van der Waals surface area contributed by atoms with Crippen LogP contribution < -0.4 is 4.80 Å². The van der Waals surface area contributed by atoms with E-state index in [1.165, 1.54) is 11.3 Å². The minimum absolute atomic E-state index is 0.115. The predicted octanol–water partition coefficient (Wildman–Crippen LogP) is 4.31. The summed E-state index contributed by atoms with van der Waals surface area (Å²) < 4.78 is 5.92. The second-order valence-electron chi connectivity index (χ2n) is 5.87. The third kappa shape index (κ3) is 3.10. The zero-order valence-corrected chi connectivity index (χ0v) is 16.5. The molecule has 1 amide bonds. The van der Waals surface area contributed by atoms with E-state index >= 15 is 0 Å². The predicted molar refractivity (Wildman–Crippen MR) is 100 cm³/mol. The topological polar surface area (TPSA) is 52.2 Å². The van der Waals surface area contributed by atoms with Crippen molar-refractivity contribution in [3.8, 4) is 0 Å². The van der Waals surface area contributed by atoms with Crippen molar-refractivity contribution in [3.63, 3.8) is 0 Å². The Hall–Kier alpha value is -1.73. The van der Waals surface area contributed by atoms with Gasteiger partial charge in [0.05, 0.1) is 15.9 Å². The highest BCUT2D eigenvalue weighted by Crippen LogP contribution is 2.22. The molecule has 3 aromatic rings. The Bertz CT molecular complexity index is 980. The fourth-order valence-electron chi connectivity index (χ4n) is 2.65. The Labute approximate surface area is 152 Å². The molecule has 2 heterocycles. The van der Waals surface area contributed by atoms with Crippen LogP contribution in [0.2, 0.25) is 0 Å². The van der Waals surface area contributed by atoms with Crippen molar-refractivity contribution >= 4 is 43.4 Å². The van der Waals surface area contributed by atoms with E-state index in [1.807, 2.05) is 32.9 Å². The molecule has 0 atom stereocenters. The Kier molecular flexibility index (Phi) is 4.73. The average molecular weight is 407 g/mol. The number of carbonyl (C=O) groups is 1. The molecule has 0 radical (unpaired) electrons. The molecule has 2 aromatic heterocycles. The van der Waals surface area contributed by atoms with Gasteiger partial charge < -0.3 is 4.57 Å². The van der Waals surface area contributed by atoms with Crippen molar-refractivity contribution in [1.82, 2.24) is 14.3 Å². The van der Waals surface area contributed by atoms with Crippen LogP contribution in [0.1, 0.15) is 43.0 Å². The molecule has 0 aliphatic rings. The minimum Gasteiger partial charge on any atom is -0.317 e. The van der Waals surface area contributed by atoms with E-state index < -0.39 is 0 Å². The smallest absolute Gasteiger partial charge is 0.297 e. The summed E-state index contributed by atoms with van der Waals surface area (Å²) in [4.78, 5) is 17.8. The Morgan fingerprint density at radius 2 is 2.12 bits per heavy atom. The molecule has 7 heteroatoms. The number of carbonyl (C=O) groups excluding carboxylic acids is 1. The highest BCUT2D eigenvalue weighted by molar-refractivity contribution is 9.10. The standard InChI is InChI=1S/C17H19BrN4OS/c1-5-21-13-7-6-12(18)9-15(13)24-17(21)19-16(23)14-8-11(4)20-22(14)10(2)3/h6-10H,5H2,1-4H3. The SMILES string of the molecule is CCn1c(=NC(=O)c2cc(C)nn2C(C)C)sc2cc(Br)ccc21. The van der Waals surface area contributed by atoms with Crippen molar-refractivity contribution in [2.75, 3.05) is 0 Å². The first kappa shape index (κ1) is 17.1. The molecular weight excluding hydrogens is 388 g/mol. The number of hydrogen-bond acceptors (Lipinski definition) is 3. The molecule has 0 fully saturated rings. The lowest BCUT2D eigenvalue weighted by Gasteiger charge is -2.08. The van der Waals surface area contributed by atoms with Crippen LogP contribution in [0.25, 0.3) is 10.2 Å². The van der Waals surface area contributed by atoms with E-state index in [4.69, 9.17) is 0 Å². The van der Waals surface area contributed by atoms with Crippen LogP contribution in [-0.4, -0.2) is 20.3 Å². The number of benzene rings is 1. The van der Waals surface area contributed by atoms with Crippen LogP contribution in [0.3, 0.4) is 0 Å². The van der Waals surface area contributed by atoms with Gasteiger partial charge in [-0.05, 0) is 52.0 Å². The summed E-state index contributed by atoms with van der Waals surface area (Å²) in [7, 11) is 0. The van der Waals surface area contributed by atoms with Gasteiger partial charge in [0.1, 0.15) is 5.69 Å². The molecule has 0 unspecified atom stereocenters. The maximum Gasteiger partial charge on any atom is 0.297 e. The van der Waals surface area contributed by atoms with Gasteiger partial charge in [0.25, 0.3) is 5.91 Å². The van der Waals surface area contributed by atoms with E-state index in [0.29, 0.717) is 10.5 Å². The summed E-state index contributed by atoms with van der Waals surface area (Å²) in [6.07, 6.45) is 0. The van der Waals surface area contributed by atoms with Gasteiger partial charge in [-0.2, -0.15) is 10.1 Å². The number of halogens is 1. The Balaban J connectivity index is 2.15. The molecule has 0 bridgehead atoms. The van der Waals surface area contributed by atoms with Gasteiger partial charge in [-0.25, -0.2) is 0 Å². The van der Waals surface area contributed by atoms with Gasteiger partial charge in [0.2, 0.25) is 0 Å². The highest BCUT2D eigenvalue weighted by Gasteiger charge is 2.16. The lowest BCUT2D eigenvalue weighted by atomic mass is 10.3. The number of aromatic nitrogens is 3. The monoisotopic (exact) mass is 406 g/mol. The summed E-state index contributed by atoms with van der Waals surface area (Å²) in [6, 6.07) is 8.02. The largest absolute Gasteiger partial charge is 0.317 e. The van der Waals surface area contributed by atoms with E-state index in [0.717, 1.165) is 26.9 Å². The molecule has 0 aliphatic heterocycles. The quantitative estimate of drug-likeness (QED) is 0.650. The van der Waals surface area contributed by atoms with Crippen molar-refractivity contribution in [1.29, 1.82) is 0 Å². The van der Waals surface area contributed by atoms with Gasteiger partial charge in [-0.3, -0.25) is 9.48 Å². The molecule has 1 aromatic carbocycles. The second-order valence-corrected chi connectivity index (χ2v) is 7.79. The van der Waals surface area contributed by atoms with Crippen molar-refractivity contribution in [3.05, 3.63) is 44.9 Å². The zero-order valence-electron chi connectivity index (χ0n) is 14.1. The first-order valence-corrected chi connectivity index (χ1v) is 9.45. The fraction of sp³-hybridized carbons (Fsp3) is 0.353. The minimum atomic E-state index is -0.253. The van der Waals surface area contributed by atoms with Gasteiger partial charge in [-0.1, -0.05) is 27.3 Å². The van der Waals surface area contributed by atoms with E-state index in [2.05, 4.69) is 43.6 Å². The van der Waals surface area contributed by atoms with Crippen molar-refractivity contribution in [2.24, 2.45) is 4.99 Å². The van der Waals surface area contributed by atoms with Gasteiger partial charge >= 0.3 is 0 Å². The fourth-order valence-corrected chi connectivity index (χ4v) is 4.30. The molecule has 3 rings (SSSR count). The molecule has 0 saturated carbocycles. The molecule has 126 valence electrons. The summed E-state index contributed by atoms with van der Waals surface area (Å²) in [5.41, 5.74) is 2.44. The number of nitrogens with zero attached hydrogens (tertiary/aromatic N) is 4. The number of hydrogen-bond donors (Lipinski definition) is 0. The Morgan fingerprint density at radius 1 is 1.38 bits per heavy atom. The summed E-state index contributed by atoms with van der Waals surface area (Å²) >= 11 is 5.01. The second kappa shape index (κ2) is 6.64. The normalized spacial score (nSPS) is 12.5. The first-order valence-electron chi connectivity index (χ1n) is 7.84. The van der Waals surface area contributed by atoms with E-state index in [1.54, 1.807) is 10.7 Å². The third-order valence-electron chi connectivity index (χ3n) is 3.72. The number of amides is 1. The first-order chi connectivity index (χ1) is 11.4. The molecule has 0 spiro atoms. The van der Waals surface area contributed by atoms with Crippen LogP contribution in [0.5, 0.6) is 0 Å². The number of thiazole rings is 1. The van der Waals surface area contributed by atoms with Gasteiger partial charge in [0, 0.05) is 17.1 Å². The van der Waals surface area contributed by atoms with Crippen LogP contribution in [0, 0.1) is 6.92 Å². The maximum absolute atomic E-state index is 12.7. The third-order valence-corrected chi connectivity index (χ3v) is 5.26. The average Bonchev–Trinajstić information content (AvgIpc) is 3.06. The molecule has 5 nitrogen and oxygen atoms in total. The molecule has 24 heavy (non-hydrogen) atoms. The molecular formula is C17H19BrN4OS. The highest BCUT2D eigenvalue weighted by atomic mass is 79.9. The van der Waals surface area contributed by atoms with E-state index in [9.17, 15) is 4.79 Å². The van der Waals surface area contributed by atoms with E-state index in [-0.39, 0.29) is 11.9 Å². The molecule has 0 saturated heterocycles. The summed E-state index contributed by atoms with van der Waals surface area (Å²) in [5.74, 6) is -0.253. The Morgan fingerprint density at radius 3 is 2.79 bits per heavy atom. The van der Waals surface area contributed by atoms with Gasteiger partial charge in [0.15, 0.2) is 4.80 Å².